The number of amides is 1. The molecule has 0 radical (unpaired) electrons. The summed E-state index contributed by atoms with van der Waals surface area (Å²) in [5.41, 5.74) is 1.87. The summed E-state index contributed by atoms with van der Waals surface area (Å²) in [6.45, 7) is 0.293. The van der Waals surface area contributed by atoms with Crippen molar-refractivity contribution in [1.29, 1.82) is 0 Å². The summed E-state index contributed by atoms with van der Waals surface area (Å²) in [6.07, 6.45) is -7.81. The molecule has 1 saturated carbocycles. The van der Waals surface area contributed by atoms with E-state index in [1.807, 2.05) is 0 Å². The second-order valence-corrected chi connectivity index (χ2v) is 5.80. The van der Waals surface area contributed by atoms with Gasteiger partial charge in [0.25, 0.3) is 5.91 Å². The molecule has 2 unspecified atom stereocenters. The van der Waals surface area contributed by atoms with Crippen molar-refractivity contribution >= 4 is 18.3 Å². The summed E-state index contributed by atoms with van der Waals surface area (Å²) in [6, 6.07) is 0.509. The molecule has 142 valence electrons. The van der Waals surface area contributed by atoms with Crippen molar-refractivity contribution in [2.24, 2.45) is 11.7 Å². The van der Waals surface area contributed by atoms with Crippen molar-refractivity contribution in [3.05, 3.63) is 34.9 Å². The number of benzene rings is 1. The lowest BCUT2D eigenvalue weighted by molar-refractivity contribution is -0.143. The summed E-state index contributed by atoms with van der Waals surface area (Å²) in [5, 5.41) is 2.50. The maximum absolute atomic E-state index is 12.8. The summed E-state index contributed by atoms with van der Waals surface area (Å²) in [7, 11) is 0. The minimum absolute atomic E-state index is 0. The molecule has 1 aliphatic carbocycles. The molecule has 0 heterocycles. The van der Waals surface area contributed by atoms with E-state index in [2.05, 4.69) is 5.32 Å². The van der Waals surface area contributed by atoms with Gasteiger partial charge in [-0.15, -0.1) is 12.4 Å². The molecule has 1 aromatic carbocycles. The van der Waals surface area contributed by atoms with Crippen LogP contribution in [0.4, 0.5) is 26.3 Å². The zero-order chi connectivity index (χ0) is 18.1. The maximum Gasteiger partial charge on any atom is 0.416 e. The Morgan fingerprint density at radius 2 is 1.56 bits per heavy atom. The van der Waals surface area contributed by atoms with E-state index in [1.165, 1.54) is 0 Å². The van der Waals surface area contributed by atoms with Crippen LogP contribution in [-0.4, -0.2) is 18.5 Å². The van der Waals surface area contributed by atoms with Crippen molar-refractivity contribution in [2.75, 3.05) is 6.54 Å². The normalized spacial score (nSPS) is 20.9. The number of carbonyl (C=O) groups excluding carboxylic acids is 1. The number of halogens is 7. The molecule has 0 bridgehead atoms. The van der Waals surface area contributed by atoms with Crippen molar-refractivity contribution < 1.29 is 31.1 Å². The summed E-state index contributed by atoms with van der Waals surface area (Å²) in [5.74, 6) is -0.987. The van der Waals surface area contributed by atoms with Gasteiger partial charge in [-0.05, 0) is 43.5 Å². The number of alkyl halides is 6. The third-order valence-corrected chi connectivity index (χ3v) is 4.13. The molecule has 2 rings (SSSR count). The van der Waals surface area contributed by atoms with Gasteiger partial charge in [0.05, 0.1) is 11.1 Å². The molecule has 1 amide bonds. The molecule has 10 heteroatoms. The summed E-state index contributed by atoms with van der Waals surface area (Å²) >= 11 is 0. The Labute approximate surface area is 146 Å². The Kier molecular flexibility index (Phi) is 6.74. The zero-order valence-electron chi connectivity index (χ0n) is 12.9. The molecular formula is C15H17ClF6N2O. The van der Waals surface area contributed by atoms with Crippen LogP contribution in [0.25, 0.3) is 0 Å². The van der Waals surface area contributed by atoms with Crippen molar-refractivity contribution in [2.45, 2.75) is 37.7 Å². The SMILES string of the molecule is Cl.NCC1CCCC1NC(=O)c1cc(C(F)(F)F)cc(C(F)(F)F)c1. The standard InChI is InChI=1S/C15H16F6N2O.ClH/c16-14(17,18)10-4-9(5-11(6-10)15(19,20)21)13(24)23-12-3-1-2-8(12)7-22;/h4-6,8,12H,1-3,7,22H2,(H,23,24);1H. The smallest absolute Gasteiger partial charge is 0.349 e. The highest BCUT2D eigenvalue weighted by atomic mass is 35.5. The van der Waals surface area contributed by atoms with Crippen LogP contribution in [0.15, 0.2) is 18.2 Å². The molecule has 0 aliphatic heterocycles. The predicted molar refractivity (Wildman–Crippen MR) is 81.3 cm³/mol. The number of hydrogen-bond donors (Lipinski definition) is 2. The minimum Gasteiger partial charge on any atom is -0.349 e. The van der Waals surface area contributed by atoms with Crippen molar-refractivity contribution in [3.8, 4) is 0 Å². The highest BCUT2D eigenvalue weighted by Gasteiger charge is 2.38. The van der Waals surface area contributed by atoms with E-state index in [9.17, 15) is 31.1 Å². The number of nitrogens with two attached hydrogens (primary N) is 1. The van der Waals surface area contributed by atoms with Crippen LogP contribution in [0.1, 0.15) is 40.7 Å². The van der Waals surface area contributed by atoms with Crippen LogP contribution < -0.4 is 11.1 Å². The first-order chi connectivity index (χ1) is 11.0. The van der Waals surface area contributed by atoms with Crippen LogP contribution in [0.3, 0.4) is 0 Å². The third kappa shape index (κ3) is 5.24. The zero-order valence-corrected chi connectivity index (χ0v) is 13.7. The number of nitrogens with one attached hydrogen (secondary N) is 1. The molecule has 3 nitrogen and oxygen atoms in total. The van der Waals surface area contributed by atoms with E-state index < -0.39 is 35.0 Å². The minimum atomic E-state index is -4.98. The van der Waals surface area contributed by atoms with Gasteiger partial charge in [-0.2, -0.15) is 26.3 Å². The first kappa shape index (κ1) is 21.6. The van der Waals surface area contributed by atoms with Gasteiger partial charge < -0.3 is 11.1 Å². The fraction of sp³-hybridized carbons (Fsp3) is 0.533. The van der Waals surface area contributed by atoms with Gasteiger partial charge in [0, 0.05) is 11.6 Å². The van der Waals surface area contributed by atoms with Gasteiger partial charge in [-0.25, -0.2) is 0 Å². The van der Waals surface area contributed by atoms with E-state index >= 15 is 0 Å². The lowest BCUT2D eigenvalue weighted by Crippen LogP contribution is -2.40. The molecule has 2 atom stereocenters. The van der Waals surface area contributed by atoms with Crippen LogP contribution >= 0.6 is 12.4 Å². The molecule has 1 fully saturated rings. The second-order valence-electron chi connectivity index (χ2n) is 5.80. The second kappa shape index (κ2) is 7.82. The molecule has 3 N–H and O–H groups in total. The average Bonchev–Trinajstić information content (AvgIpc) is 2.92. The largest absolute Gasteiger partial charge is 0.416 e. The van der Waals surface area contributed by atoms with Crippen LogP contribution in [0, 0.1) is 5.92 Å². The van der Waals surface area contributed by atoms with Gasteiger partial charge in [-0.3, -0.25) is 4.79 Å². The van der Waals surface area contributed by atoms with Gasteiger partial charge in [0.1, 0.15) is 0 Å². The summed E-state index contributed by atoms with van der Waals surface area (Å²) < 4.78 is 76.8. The Hall–Kier alpha value is -1.48. The van der Waals surface area contributed by atoms with Crippen LogP contribution in [0.2, 0.25) is 0 Å². The first-order valence-electron chi connectivity index (χ1n) is 7.33. The average molecular weight is 391 g/mol. The fourth-order valence-corrected chi connectivity index (χ4v) is 2.85. The molecule has 1 aromatic rings. The Morgan fingerprint density at radius 3 is 2.00 bits per heavy atom. The lowest BCUT2D eigenvalue weighted by atomic mass is 10.0. The van der Waals surface area contributed by atoms with Gasteiger partial charge in [0.2, 0.25) is 0 Å². The molecule has 1 aliphatic rings. The Morgan fingerprint density at radius 1 is 1.04 bits per heavy atom. The van der Waals surface area contributed by atoms with E-state index in [4.69, 9.17) is 5.73 Å². The molecule has 25 heavy (non-hydrogen) atoms. The van der Waals surface area contributed by atoms with Crippen molar-refractivity contribution in [3.63, 3.8) is 0 Å². The number of hydrogen-bond acceptors (Lipinski definition) is 2. The lowest BCUT2D eigenvalue weighted by Gasteiger charge is -2.20. The highest BCUT2D eigenvalue weighted by Crippen LogP contribution is 2.36. The fourth-order valence-electron chi connectivity index (χ4n) is 2.85. The Balaban J connectivity index is 0.00000312. The van der Waals surface area contributed by atoms with Crippen LogP contribution in [-0.2, 0) is 12.4 Å². The van der Waals surface area contributed by atoms with Crippen LogP contribution in [0.5, 0.6) is 0 Å². The highest BCUT2D eigenvalue weighted by molar-refractivity contribution is 5.95. The predicted octanol–water partition coefficient (Wildman–Crippen LogP) is 4.00. The van der Waals surface area contributed by atoms with E-state index in [-0.39, 0.29) is 30.4 Å². The van der Waals surface area contributed by atoms with Gasteiger partial charge in [-0.1, -0.05) is 6.42 Å². The monoisotopic (exact) mass is 390 g/mol. The van der Waals surface area contributed by atoms with E-state index in [0.29, 0.717) is 25.1 Å². The number of rotatable bonds is 3. The first-order valence-corrected chi connectivity index (χ1v) is 7.33. The summed E-state index contributed by atoms with van der Waals surface area (Å²) in [4.78, 5) is 12.1. The van der Waals surface area contributed by atoms with Crippen molar-refractivity contribution in [1.82, 2.24) is 5.32 Å². The topological polar surface area (TPSA) is 55.1 Å². The third-order valence-electron chi connectivity index (χ3n) is 4.13. The van der Waals surface area contributed by atoms with E-state index in [0.717, 1.165) is 12.8 Å². The van der Waals surface area contributed by atoms with Gasteiger partial charge in [0.15, 0.2) is 0 Å². The maximum atomic E-state index is 12.8. The molecule has 0 saturated heterocycles. The van der Waals surface area contributed by atoms with E-state index in [1.54, 1.807) is 0 Å². The Bertz CT molecular complexity index is 585. The van der Waals surface area contributed by atoms with Gasteiger partial charge >= 0.3 is 12.4 Å². The molecule has 0 aromatic heterocycles. The number of carbonyl (C=O) groups is 1. The molecular weight excluding hydrogens is 374 g/mol. The molecule has 0 spiro atoms. The quantitative estimate of drug-likeness (QED) is 0.766.